The van der Waals surface area contributed by atoms with Crippen LogP contribution in [0.2, 0.25) is 0 Å². The molecule has 2 rings (SSSR count). The number of carbonyl (C=O) groups excluding carboxylic acids is 1. The second kappa shape index (κ2) is 7.07. The molecule has 1 aliphatic heterocycles. The minimum absolute atomic E-state index is 0.0191. The van der Waals surface area contributed by atoms with Crippen LogP contribution >= 0.6 is 0 Å². The molecule has 0 aromatic heterocycles. The van der Waals surface area contributed by atoms with Gasteiger partial charge in [-0.25, -0.2) is 4.79 Å². The highest BCUT2D eigenvalue weighted by atomic mass is 16.5. The standard InChI is InChI=1S/C15H25NO4/c17-13(12-6-4-2-1-3-5-7-12)16-15(14(18)19)8-10-20-11-9-15/h12H,1-11H2,(H,16,17)(H,18,19). The van der Waals surface area contributed by atoms with Gasteiger partial charge in [-0.2, -0.15) is 0 Å². The molecule has 1 saturated carbocycles. The SMILES string of the molecule is O=C(NC1(C(=O)O)CCOCC1)C1CCCCCCC1. The first-order valence-corrected chi connectivity index (χ1v) is 7.77. The summed E-state index contributed by atoms with van der Waals surface area (Å²) in [6.07, 6.45) is 8.26. The molecule has 2 fully saturated rings. The van der Waals surface area contributed by atoms with E-state index in [1.54, 1.807) is 0 Å². The molecule has 1 heterocycles. The van der Waals surface area contributed by atoms with Gasteiger partial charge in [-0.3, -0.25) is 4.79 Å². The predicted octanol–water partition coefficient (Wildman–Crippen LogP) is 2.10. The fraction of sp³-hybridized carbons (Fsp3) is 0.867. The van der Waals surface area contributed by atoms with Gasteiger partial charge in [0.15, 0.2) is 0 Å². The number of carbonyl (C=O) groups is 2. The summed E-state index contributed by atoms with van der Waals surface area (Å²) in [6.45, 7) is 0.800. The average molecular weight is 283 g/mol. The monoisotopic (exact) mass is 283 g/mol. The number of ether oxygens (including phenoxy) is 1. The van der Waals surface area contributed by atoms with Gasteiger partial charge in [-0.1, -0.05) is 32.1 Å². The first-order chi connectivity index (χ1) is 9.64. The molecule has 1 aliphatic carbocycles. The van der Waals surface area contributed by atoms with E-state index >= 15 is 0 Å². The summed E-state index contributed by atoms with van der Waals surface area (Å²) < 4.78 is 5.22. The first kappa shape index (κ1) is 15.3. The number of nitrogens with one attached hydrogen (secondary N) is 1. The highest BCUT2D eigenvalue weighted by Gasteiger charge is 2.42. The highest BCUT2D eigenvalue weighted by molar-refractivity contribution is 5.88. The van der Waals surface area contributed by atoms with Crippen molar-refractivity contribution in [3.8, 4) is 0 Å². The fourth-order valence-corrected chi connectivity index (χ4v) is 3.17. The van der Waals surface area contributed by atoms with Crippen LogP contribution in [0.3, 0.4) is 0 Å². The molecule has 5 nitrogen and oxygen atoms in total. The van der Waals surface area contributed by atoms with Gasteiger partial charge in [0.05, 0.1) is 0 Å². The number of rotatable bonds is 3. The summed E-state index contributed by atoms with van der Waals surface area (Å²) in [5, 5.41) is 12.3. The Bertz CT molecular complexity index is 342. The molecule has 1 amide bonds. The van der Waals surface area contributed by atoms with Gasteiger partial charge >= 0.3 is 5.97 Å². The molecule has 5 heteroatoms. The molecule has 20 heavy (non-hydrogen) atoms. The molecule has 0 radical (unpaired) electrons. The Hall–Kier alpha value is -1.10. The molecule has 114 valence electrons. The Labute approximate surface area is 120 Å². The van der Waals surface area contributed by atoms with Crippen molar-refractivity contribution in [1.29, 1.82) is 0 Å². The molecule has 2 aliphatic rings. The maximum atomic E-state index is 12.4. The van der Waals surface area contributed by atoms with Crippen LogP contribution in [-0.4, -0.2) is 35.7 Å². The van der Waals surface area contributed by atoms with Gasteiger partial charge < -0.3 is 15.2 Å². The zero-order valence-electron chi connectivity index (χ0n) is 12.0. The van der Waals surface area contributed by atoms with E-state index in [1.807, 2.05) is 0 Å². The lowest BCUT2D eigenvalue weighted by atomic mass is 9.86. The lowest BCUT2D eigenvalue weighted by molar-refractivity contribution is -0.153. The topological polar surface area (TPSA) is 75.6 Å². The van der Waals surface area contributed by atoms with Crippen LogP contribution in [0.5, 0.6) is 0 Å². The number of carboxylic acid groups (broad SMARTS) is 1. The molecular formula is C15H25NO4. The summed E-state index contributed by atoms with van der Waals surface area (Å²) in [5.74, 6) is -1.02. The minimum Gasteiger partial charge on any atom is -0.480 e. The van der Waals surface area contributed by atoms with E-state index in [0.29, 0.717) is 26.1 Å². The van der Waals surface area contributed by atoms with Crippen LogP contribution in [0.15, 0.2) is 0 Å². The Morgan fingerprint density at radius 2 is 1.55 bits per heavy atom. The zero-order chi connectivity index (χ0) is 14.4. The summed E-state index contributed by atoms with van der Waals surface area (Å²) >= 11 is 0. The van der Waals surface area contributed by atoms with E-state index in [0.717, 1.165) is 25.7 Å². The molecule has 0 aromatic carbocycles. The van der Waals surface area contributed by atoms with Crippen LogP contribution in [0.4, 0.5) is 0 Å². The van der Waals surface area contributed by atoms with Gasteiger partial charge in [-0.05, 0) is 12.8 Å². The Morgan fingerprint density at radius 1 is 1.00 bits per heavy atom. The maximum absolute atomic E-state index is 12.4. The van der Waals surface area contributed by atoms with E-state index in [1.165, 1.54) is 19.3 Å². The van der Waals surface area contributed by atoms with E-state index in [-0.39, 0.29) is 11.8 Å². The predicted molar refractivity (Wildman–Crippen MR) is 74.4 cm³/mol. The lowest BCUT2D eigenvalue weighted by Gasteiger charge is -2.35. The van der Waals surface area contributed by atoms with Crippen LogP contribution in [0.1, 0.15) is 57.8 Å². The molecule has 2 N–H and O–H groups in total. The first-order valence-electron chi connectivity index (χ1n) is 7.77. The van der Waals surface area contributed by atoms with E-state index in [4.69, 9.17) is 4.74 Å². The van der Waals surface area contributed by atoms with Crippen molar-refractivity contribution in [2.45, 2.75) is 63.3 Å². The fourth-order valence-electron chi connectivity index (χ4n) is 3.17. The second-order valence-electron chi connectivity index (χ2n) is 6.03. The van der Waals surface area contributed by atoms with Crippen molar-refractivity contribution >= 4 is 11.9 Å². The van der Waals surface area contributed by atoms with Crippen molar-refractivity contribution in [3.63, 3.8) is 0 Å². The molecule has 1 saturated heterocycles. The highest BCUT2D eigenvalue weighted by Crippen LogP contribution is 2.26. The number of aliphatic carboxylic acids is 1. The quantitative estimate of drug-likeness (QED) is 0.831. The number of amides is 1. The van der Waals surface area contributed by atoms with Crippen molar-refractivity contribution in [2.75, 3.05) is 13.2 Å². The summed E-state index contributed by atoms with van der Waals surface area (Å²) in [5.41, 5.74) is -1.11. The molecule has 0 aromatic rings. The van der Waals surface area contributed by atoms with E-state index in [9.17, 15) is 14.7 Å². The van der Waals surface area contributed by atoms with Crippen molar-refractivity contribution < 1.29 is 19.4 Å². The van der Waals surface area contributed by atoms with Gasteiger partial charge in [0.2, 0.25) is 5.91 Å². The zero-order valence-corrected chi connectivity index (χ0v) is 12.0. The van der Waals surface area contributed by atoms with Crippen molar-refractivity contribution in [1.82, 2.24) is 5.32 Å². The minimum atomic E-state index is -1.11. The van der Waals surface area contributed by atoms with Crippen LogP contribution in [0.25, 0.3) is 0 Å². The summed E-state index contributed by atoms with van der Waals surface area (Å²) in [6, 6.07) is 0. The summed E-state index contributed by atoms with van der Waals surface area (Å²) in [4.78, 5) is 24.0. The molecule has 0 bridgehead atoms. The maximum Gasteiger partial charge on any atom is 0.329 e. The smallest absolute Gasteiger partial charge is 0.329 e. The third-order valence-electron chi connectivity index (χ3n) is 4.59. The number of carboxylic acids is 1. The lowest BCUT2D eigenvalue weighted by Crippen LogP contribution is -2.58. The van der Waals surface area contributed by atoms with E-state index in [2.05, 4.69) is 5.32 Å². The van der Waals surface area contributed by atoms with Gasteiger partial charge in [-0.15, -0.1) is 0 Å². The second-order valence-corrected chi connectivity index (χ2v) is 6.03. The van der Waals surface area contributed by atoms with Crippen LogP contribution in [0, 0.1) is 5.92 Å². The third kappa shape index (κ3) is 3.72. The molecule has 0 spiro atoms. The number of hydrogen-bond donors (Lipinski definition) is 2. The summed E-state index contributed by atoms with van der Waals surface area (Å²) in [7, 11) is 0. The Balaban J connectivity index is 1.98. The molecular weight excluding hydrogens is 258 g/mol. The van der Waals surface area contributed by atoms with Crippen LogP contribution < -0.4 is 5.32 Å². The average Bonchev–Trinajstić information content (AvgIpc) is 2.39. The largest absolute Gasteiger partial charge is 0.480 e. The van der Waals surface area contributed by atoms with E-state index < -0.39 is 11.5 Å². The third-order valence-corrected chi connectivity index (χ3v) is 4.59. The van der Waals surface area contributed by atoms with Gasteiger partial charge in [0.25, 0.3) is 0 Å². The van der Waals surface area contributed by atoms with Crippen molar-refractivity contribution in [3.05, 3.63) is 0 Å². The van der Waals surface area contributed by atoms with Crippen LogP contribution in [-0.2, 0) is 14.3 Å². The van der Waals surface area contributed by atoms with Crippen molar-refractivity contribution in [2.24, 2.45) is 5.92 Å². The Morgan fingerprint density at radius 3 is 2.10 bits per heavy atom. The van der Waals surface area contributed by atoms with Gasteiger partial charge in [0.1, 0.15) is 5.54 Å². The Kier molecular flexibility index (Phi) is 5.40. The number of hydrogen-bond acceptors (Lipinski definition) is 3. The normalized spacial score (nSPS) is 24.4. The van der Waals surface area contributed by atoms with Gasteiger partial charge in [0, 0.05) is 32.0 Å². The molecule has 0 atom stereocenters. The molecule has 0 unspecified atom stereocenters.